The largest absolute Gasteiger partial charge is 0.344 e. The molecular weight excluding hydrogens is 560 g/mol. The van der Waals surface area contributed by atoms with Crippen LogP contribution in [-0.2, 0) is 35.5 Å². The summed E-state index contributed by atoms with van der Waals surface area (Å²) in [5.41, 5.74) is 3.21. The Morgan fingerprint density at radius 1 is 1.05 bits per heavy atom. The second-order valence-corrected chi connectivity index (χ2v) is 12.7. The Kier molecular flexibility index (Phi) is 10.6. The minimum atomic E-state index is -0.642. The van der Waals surface area contributed by atoms with Crippen LogP contribution in [0.3, 0.4) is 0 Å². The number of likely N-dealkylation sites (tertiary alicyclic amines) is 1. The molecule has 1 unspecified atom stereocenters. The first-order chi connectivity index (χ1) is 21.0. The van der Waals surface area contributed by atoms with Crippen LogP contribution in [0.5, 0.6) is 0 Å². The van der Waals surface area contributed by atoms with E-state index < -0.39 is 6.04 Å². The van der Waals surface area contributed by atoms with Crippen LogP contribution < -0.4 is 5.32 Å². The summed E-state index contributed by atoms with van der Waals surface area (Å²) in [5.74, 6) is 0.484. The topological polar surface area (TPSA) is 92.5 Å². The maximum absolute atomic E-state index is 14.1. The number of benzene rings is 2. The van der Waals surface area contributed by atoms with Gasteiger partial charge in [0, 0.05) is 37.5 Å². The predicted molar refractivity (Wildman–Crippen MR) is 170 cm³/mol. The van der Waals surface area contributed by atoms with Gasteiger partial charge in [0.25, 0.3) is 0 Å². The molecule has 43 heavy (non-hydrogen) atoms. The summed E-state index contributed by atoms with van der Waals surface area (Å²) in [6.07, 6.45) is 12.9. The van der Waals surface area contributed by atoms with Crippen molar-refractivity contribution in [2.45, 2.75) is 83.3 Å². The molecule has 2 amide bonds. The number of aryl methyl sites for hydroxylation is 1. The van der Waals surface area contributed by atoms with E-state index in [0.717, 1.165) is 36.1 Å². The highest BCUT2D eigenvalue weighted by Crippen LogP contribution is 2.47. The standard InChI is InChI=1S/C34H43ClN6O2/c1-36-22-28-8-6-5-7-27(28)13-16-32(42)39-31(21-26-11-14-30(35)15-12-26)33(43)40-19-17-34(18-20-40,23-41-25-37-24-38-41)29-9-3-2-4-10-29/h5-8,11-12,14-15,24-25,29,31H,1-4,9-10,13,16-23H2,(H,39,42). The Hall–Kier alpha value is -3.52. The maximum Gasteiger partial charge on any atom is 0.245 e. The molecule has 3 aromatic rings. The highest BCUT2D eigenvalue weighted by molar-refractivity contribution is 6.30. The Morgan fingerprint density at radius 3 is 2.44 bits per heavy atom. The molecule has 1 aliphatic carbocycles. The second-order valence-electron chi connectivity index (χ2n) is 12.2. The Morgan fingerprint density at radius 2 is 1.77 bits per heavy atom. The Labute approximate surface area is 259 Å². The molecule has 0 bridgehead atoms. The van der Waals surface area contributed by atoms with Crippen LogP contribution >= 0.6 is 11.6 Å². The summed E-state index contributed by atoms with van der Waals surface area (Å²) in [7, 11) is 0. The van der Waals surface area contributed by atoms with Crippen molar-refractivity contribution >= 4 is 30.1 Å². The summed E-state index contributed by atoms with van der Waals surface area (Å²) in [6.45, 7) is 6.32. The van der Waals surface area contributed by atoms with Crippen LogP contribution in [-0.4, -0.2) is 57.3 Å². The number of amides is 2. The fraction of sp³-hybridized carbons (Fsp3) is 0.500. The minimum absolute atomic E-state index is 0.0162. The van der Waals surface area contributed by atoms with E-state index >= 15 is 0 Å². The average molecular weight is 603 g/mol. The molecule has 8 nitrogen and oxygen atoms in total. The Bertz CT molecular complexity index is 1350. The van der Waals surface area contributed by atoms with Gasteiger partial charge in [-0.15, -0.1) is 0 Å². The van der Waals surface area contributed by atoms with Crippen molar-refractivity contribution in [3.8, 4) is 0 Å². The molecule has 2 heterocycles. The summed E-state index contributed by atoms with van der Waals surface area (Å²) in [5, 5.41) is 8.18. The zero-order valence-electron chi connectivity index (χ0n) is 25.0. The summed E-state index contributed by atoms with van der Waals surface area (Å²) < 4.78 is 1.97. The number of aliphatic imine (C=N–C) groups is 1. The number of halogens is 1. The molecule has 1 N–H and O–H groups in total. The molecule has 1 aromatic heterocycles. The van der Waals surface area contributed by atoms with Gasteiger partial charge < -0.3 is 10.2 Å². The fourth-order valence-electron chi connectivity index (χ4n) is 7.09. The van der Waals surface area contributed by atoms with Crippen LogP contribution in [0.25, 0.3) is 0 Å². The number of piperidine rings is 1. The van der Waals surface area contributed by atoms with Gasteiger partial charge in [0.2, 0.25) is 11.8 Å². The van der Waals surface area contributed by atoms with E-state index in [9.17, 15) is 9.59 Å². The number of aromatic nitrogens is 3. The molecular formula is C34H43ClN6O2. The lowest BCUT2D eigenvalue weighted by atomic mass is 9.63. The lowest BCUT2D eigenvalue weighted by molar-refractivity contribution is -0.139. The van der Waals surface area contributed by atoms with Crippen molar-refractivity contribution in [1.82, 2.24) is 25.0 Å². The maximum atomic E-state index is 14.1. The van der Waals surface area contributed by atoms with Gasteiger partial charge in [0.15, 0.2) is 0 Å². The van der Waals surface area contributed by atoms with Gasteiger partial charge >= 0.3 is 0 Å². The van der Waals surface area contributed by atoms with Crippen molar-refractivity contribution in [2.24, 2.45) is 16.3 Å². The van der Waals surface area contributed by atoms with Crippen molar-refractivity contribution in [1.29, 1.82) is 0 Å². The van der Waals surface area contributed by atoms with E-state index in [1.54, 1.807) is 6.33 Å². The number of carbonyl (C=O) groups is 2. The number of nitrogens with zero attached hydrogens (tertiary/aromatic N) is 5. The molecule has 0 radical (unpaired) electrons. The predicted octanol–water partition coefficient (Wildman–Crippen LogP) is 5.68. The average Bonchev–Trinajstić information content (AvgIpc) is 3.55. The van der Waals surface area contributed by atoms with E-state index in [4.69, 9.17) is 11.6 Å². The number of hydrogen-bond donors (Lipinski definition) is 1. The molecule has 9 heteroatoms. The van der Waals surface area contributed by atoms with Crippen molar-refractivity contribution in [2.75, 3.05) is 13.1 Å². The van der Waals surface area contributed by atoms with Crippen molar-refractivity contribution in [3.05, 3.63) is 82.9 Å². The Balaban J connectivity index is 1.27. The summed E-state index contributed by atoms with van der Waals surface area (Å²) >= 11 is 6.13. The molecule has 1 saturated heterocycles. The van der Waals surface area contributed by atoms with E-state index in [1.807, 2.05) is 64.4 Å². The molecule has 1 aliphatic heterocycles. The molecule has 5 rings (SSSR count). The molecule has 1 atom stereocenters. The first kappa shape index (κ1) is 30.9. The van der Waals surface area contributed by atoms with Gasteiger partial charge in [-0.2, -0.15) is 5.10 Å². The summed E-state index contributed by atoms with van der Waals surface area (Å²) in [4.78, 5) is 37.5. The summed E-state index contributed by atoms with van der Waals surface area (Å²) in [6, 6.07) is 14.8. The minimum Gasteiger partial charge on any atom is -0.344 e. The van der Waals surface area contributed by atoms with Crippen LogP contribution in [0.2, 0.25) is 5.02 Å². The number of carbonyl (C=O) groups excluding carboxylic acids is 2. The van der Waals surface area contributed by atoms with Crippen LogP contribution in [0.4, 0.5) is 0 Å². The molecule has 1 saturated carbocycles. The zero-order valence-corrected chi connectivity index (χ0v) is 25.7. The van der Waals surface area contributed by atoms with Gasteiger partial charge in [-0.05, 0) is 79.0 Å². The number of rotatable bonds is 12. The van der Waals surface area contributed by atoms with Crippen LogP contribution in [0.1, 0.15) is 68.1 Å². The highest BCUT2D eigenvalue weighted by atomic mass is 35.5. The quantitative estimate of drug-likeness (QED) is 0.270. The van der Waals surface area contributed by atoms with Gasteiger partial charge in [-0.25, -0.2) is 4.98 Å². The normalized spacial score (nSPS) is 17.7. The first-order valence-corrected chi connectivity index (χ1v) is 16.0. The molecule has 228 valence electrons. The number of nitrogens with one attached hydrogen (secondary N) is 1. The number of hydrogen-bond acceptors (Lipinski definition) is 5. The van der Waals surface area contributed by atoms with Gasteiger partial charge in [-0.3, -0.25) is 19.3 Å². The smallest absolute Gasteiger partial charge is 0.245 e. The monoisotopic (exact) mass is 602 g/mol. The molecule has 2 fully saturated rings. The van der Waals surface area contributed by atoms with Crippen LogP contribution in [0, 0.1) is 11.3 Å². The fourth-order valence-corrected chi connectivity index (χ4v) is 7.21. The van der Waals surface area contributed by atoms with E-state index in [-0.39, 0.29) is 17.2 Å². The third-order valence-electron chi connectivity index (χ3n) is 9.49. The molecule has 0 spiro atoms. The zero-order chi connectivity index (χ0) is 30.1. The third-order valence-corrected chi connectivity index (χ3v) is 9.75. The van der Waals surface area contributed by atoms with Crippen molar-refractivity contribution < 1.29 is 9.59 Å². The molecule has 2 aromatic carbocycles. The van der Waals surface area contributed by atoms with Gasteiger partial charge in [-0.1, -0.05) is 67.3 Å². The van der Waals surface area contributed by atoms with Gasteiger partial charge in [0.05, 0.1) is 6.54 Å². The SMILES string of the molecule is C=NCc1ccccc1CCC(=O)NC(Cc1ccc(Cl)cc1)C(=O)N1CCC(Cn2cncn2)(C2CCCCC2)CC1. The van der Waals surface area contributed by atoms with Crippen LogP contribution in [0.15, 0.2) is 66.2 Å². The van der Waals surface area contributed by atoms with E-state index in [2.05, 4.69) is 27.1 Å². The highest BCUT2D eigenvalue weighted by Gasteiger charge is 2.43. The van der Waals surface area contributed by atoms with Crippen molar-refractivity contribution in [3.63, 3.8) is 0 Å². The van der Waals surface area contributed by atoms with E-state index in [1.165, 1.54) is 32.1 Å². The lowest BCUT2D eigenvalue weighted by Crippen LogP contribution is -2.54. The third kappa shape index (κ3) is 8.11. The van der Waals surface area contributed by atoms with E-state index in [0.29, 0.717) is 49.8 Å². The van der Waals surface area contributed by atoms with Gasteiger partial charge in [0.1, 0.15) is 18.7 Å². The first-order valence-electron chi connectivity index (χ1n) is 15.6. The molecule has 2 aliphatic rings. The second kappa shape index (κ2) is 14.8. The lowest BCUT2D eigenvalue weighted by Gasteiger charge is -2.48.